The quantitative estimate of drug-likeness (QED) is 0.495. The summed E-state index contributed by atoms with van der Waals surface area (Å²) in [4.78, 5) is 0. The minimum atomic E-state index is -3.79. The second-order valence-electron chi connectivity index (χ2n) is 3.51. The lowest BCUT2D eigenvalue weighted by Gasteiger charge is -2.20. The molecule has 0 spiro atoms. The van der Waals surface area contributed by atoms with Crippen LogP contribution in [-0.2, 0) is 23.2 Å². The number of hydrogen-bond acceptors (Lipinski definition) is 5. The lowest BCUT2D eigenvalue weighted by molar-refractivity contribution is 0.198. The van der Waals surface area contributed by atoms with Gasteiger partial charge in [0.2, 0.25) is 8.32 Å². The third-order valence-corrected chi connectivity index (χ3v) is 6.25. The van der Waals surface area contributed by atoms with Crippen LogP contribution in [0.2, 0.25) is 19.1 Å². The molecule has 0 aromatic carbocycles. The van der Waals surface area contributed by atoms with Gasteiger partial charge in [0.15, 0.2) is 0 Å². The molecule has 0 fully saturated rings. The summed E-state index contributed by atoms with van der Waals surface area (Å²) in [6.07, 6.45) is 0.801. The maximum absolute atomic E-state index is 11.0. The summed E-state index contributed by atoms with van der Waals surface area (Å²) in [7, 11) is -3.28. The third kappa shape index (κ3) is 6.49. The minimum absolute atomic E-state index is 0.618. The Balaban J connectivity index is 4.07. The van der Waals surface area contributed by atoms with Crippen LogP contribution in [0.3, 0.4) is 0 Å². The van der Waals surface area contributed by atoms with E-state index in [2.05, 4.69) is 4.18 Å². The fourth-order valence-corrected chi connectivity index (χ4v) is 4.81. The Bertz CT molecular complexity index is 249. The van der Waals surface area contributed by atoms with Gasteiger partial charge in [0, 0.05) is 13.7 Å². The molecule has 0 rings (SSSR count). The lowest BCUT2D eigenvalue weighted by Crippen LogP contribution is -2.33. The second kappa shape index (κ2) is 5.81. The van der Waals surface area contributed by atoms with E-state index in [0.717, 1.165) is 19.6 Å². The molecule has 0 aromatic heterocycles. The van der Waals surface area contributed by atoms with Gasteiger partial charge in [0.1, 0.15) is 0 Å². The zero-order chi connectivity index (χ0) is 11.2. The van der Waals surface area contributed by atoms with E-state index in [4.69, 9.17) is 8.61 Å². The molecule has 0 atom stereocenters. The lowest BCUT2D eigenvalue weighted by atomic mass is 10.5. The molecule has 0 aliphatic heterocycles. The molecule has 5 nitrogen and oxygen atoms in total. The van der Waals surface area contributed by atoms with Crippen molar-refractivity contribution in [2.75, 3.05) is 20.8 Å². The zero-order valence-electron chi connectivity index (χ0n) is 9.07. The standard InChI is InChI=1S/C7H18O5SSi/c1-10-6-5-7-14(3,4)12-13(8,9)11-2/h5-7H2,1-4H3. The number of rotatable bonds is 7. The molecule has 0 radical (unpaired) electrons. The van der Waals surface area contributed by atoms with Gasteiger partial charge >= 0.3 is 10.4 Å². The van der Waals surface area contributed by atoms with Gasteiger partial charge in [-0.15, -0.1) is 0 Å². The van der Waals surface area contributed by atoms with Gasteiger partial charge in [-0.2, -0.15) is 8.42 Å². The van der Waals surface area contributed by atoms with Gasteiger partial charge in [0.25, 0.3) is 0 Å². The first kappa shape index (κ1) is 14.0. The maximum Gasteiger partial charge on any atom is 0.389 e. The third-order valence-electron chi connectivity index (χ3n) is 1.66. The molecule has 0 aliphatic rings. The van der Waals surface area contributed by atoms with Gasteiger partial charge < -0.3 is 4.74 Å². The largest absolute Gasteiger partial charge is 0.389 e. The summed E-state index contributed by atoms with van der Waals surface area (Å²) >= 11 is 0. The van der Waals surface area contributed by atoms with Crippen LogP contribution in [0.5, 0.6) is 0 Å². The smallest absolute Gasteiger partial charge is 0.385 e. The molecule has 0 saturated heterocycles. The molecule has 0 bridgehead atoms. The van der Waals surface area contributed by atoms with Crippen LogP contribution in [-0.4, -0.2) is 37.6 Å². The van der Waals surface area contributed by atoms with E-state index in [1.807, 2.05) is 13.1 Å². The van der Waals surface area contributed by atoms with E-state index in [-0.39, 0.29) is 0 Å². The summed E-state index contributed by atoms with van der Waals surface area (Å²) in [6, 6.07) is 0.726. The van der Waals surface area contributed by atoms with Crippen molar-refractivity contribution < 1.29 is 21.2 Å². The molecule has 0 aromatic rings. The van der Waals surface area contributed by atoms with Crippen molar-refractivity contribution in [2.45, 2.75) is 25.6 Å². The Kier molecular flexibility index (Phi) is 5.83. The van der Waals surface area contributed by atoms with Gasteiger partial charge in [-0.25, -0.2) is 0 Å². The summed E-state index contributed by atoms with van der Waals surface area (Å²) in [5, 5.41) is 0. The highest BCUT2D eigenvalue weighted by Crippen LogP contribution is 2.17. The van der Waals surface area contributed by atoms with Crippen molar-refractivity contribution in [3.8, 4) is 0 Å². The first-order valence-corrected chi connectivity index (χ1v) is 8.78. The molecule has 0 N–H and O–H groups in total. The molecule has 0 amide bonds. The van der Waals surface area contributed by atoms with E-state index in [9.17, 15) is 8.42 Å². The molecule has 0 unspecified atom stereocenters. The van der Waals surface area contributed by atoms with Gasteiger partial charge in [0.05, 0.1) is 7.11 Å². The summed E-state index contributed by atoms with van der Waals surface area (Å²) in [5.41, 5.74) is 0. The average Bonchev–Trinajstić information content (AvgIpc) is 2.03. The molecule has 0 heterocycles. The van der Waals surface area contributed by atoms with Crippen LogP contribution in [0.1, 0.15) is 6.42 Å². The van der Waals surface area contributed by atoms with Crippen molar-refractivity contribution in [3.63, 3.8) is 0 Å². The highest BCUT2D eigenvalue weighted by atomic mass is 32.3. The van der Waals surface area contributed by atoms with E-state index < -0.39 is 18.7 Å². The second-order valence-corrected chi connectivity index (χ2v) is 9.35. The van der Waals surface area contributed by atoms with Gasteiger partial charge in [-0.05, 0) is 25.6 Å². The van der Waals surface area contributed by atoms with Gasteiger partial charge in [-0.1, -0.05) is 0 Å². The number of ether oxygens (including phenoxy) is 1. The van der Waals surface area contributed by atoms with E-state index in [0.29, 0.717) is 6.61 Å². The fourth-order valence-electron chi connectivity index (χ4n) is 0.994. The molecule has 0 aliphatic carbocycles. The van der Waals surface area contributed by atoms with Crippen LogP contribution in [0.4, 0.5) is 0 Å². The van der Waals surface area contributed by atoms with E-state index >= 15 is 0 Å². The first-order valence-electron chi connectivity index (χ1n) is 4.33. The first-order chi connectivity index (χ1) is 6.33. The van der Waals surface area contributed by atoms with Crippen molar-refractivity contribution in [3.05, 3.63) is 0 Å². The van der Waals surface area contributed by atoms with Crippen LogP contribution in [0.25, 0.3) is 0 Å². The van der Waals surface area contributed by atoms with Crippen LogP contribution < -0.4 is 0 Å². The highest BCUT2D eigenvalue weighted by molar-refractivity contribution is 7.83. The molecule has 7 heteroatoms. The van der Waals surface area contributed by atoms with Crippen molar-refractivity contribution in [2.24, 2.45) is 0 Å². The van der Waals surface area contributed by atoms with Crippen LogP contribution >= 0.6 is 0 Å². The molecular weight excluding hydrogens is 224 g/mol. The highest BCUT2D eigenvalue weighted by Gasteiger charge is 2.29. The molecule has 86 valence electrons. The maximum atomic E-state index is 11.0. The van der Waals surface area contributed by atoms with Gasteiger partial charge in [-0.3, -0.25) is 8.06 Å². The average molecular weight is 242 g/mol. The Hall–Kier alpha value is 0.0469. The van der Waals surface area contributed by atoms with Crippen LogP contribution in [0, 0.1) is 0 Å². The Labute approximate surface area is 86.8 Å². The fraction of sp³-hybridized carbons (Fsp3) is 1.00. The predicted molar refractivity (Wildman–Crippen MR) is 55.8 cm³/mol. The predicted octanol–water partition coefficient (Wildman–Crippen LogP) is 1.14. The van der Waals surface area contributed by atoms with Crippen LogP contribution in [0.15, 0.2) is 0 Å². The minimum Gasteiger partial charge on any atom is -0.385 e. The Morgan fingerprint density at radius 3 is 2.21 bits per heavy atom. The Morgan fingerprint density at radius 2 is 1.79 bits per heavy atom. The summed E-state index contributed by atoms with van der Waals surface area (Å²) in [5.74, 6) is 0. The molecule has 0 saturated carbocycles. The van der Waals surface area contributed by atoms with E-state index in [1.165, 1.54) is 0 Å². The van der Waals surface area contributed by atoms with Crippen molar-refractivity contribution >= 4 is 18.7 Å². The monoisotopic (exact) mass is 242 g/mol. The Morgan fingerprint density at radius 1 is 1.21 bits per heavy atom. The topological polar surface area (TPSA) is 61.8 Å². The normalized spacial score (nSPS) is 13.1. The SMILES string of the molecule is COCCC[Si](C)(C)OS(=O)(=O)OC. The van der Waals surface area contributed by atoms with Crippen molar-refractivity contribution in [1.82, 2.24) is 0 Å². The van der Waals surface area contributed by atoms with Crippen molar-refractivity contribution in [1.29, 1.82) is 0 Å². The molecular formula is C7H18O5SSi. The summed E-state index contributed by atoms with van der Waals surface area (Å²) < 4.78 is 36.1. The number of methoxy groups -OCH3 is 1. The molecule has 14 heavy (non-hydrogen) atoms. The zero-order valence-corrected chi connectivity index (χ0v) is 10.9. The summed E-state index contributed by atoms with van der Waals surface area (Å²) in [6.45, 7) is 4.28. The van der Waals surface area contributed by atoms with E-state index in [1.54, 1.807) is 7.11 Å². The number of hydrogen-bond donors (Lipinski definition) is 0.